The number of carbonyl (C=O) groups excluding carboxylic acids is 1. The van der Waals surface area contributed by atoms with Crippen molar-refractivity contribution in [2.24, 2.45) is 0 Å². The molecule has 0 saturated carbocycles. The van der Waals surface area contributed by atoms with Gasteiger partial charge in [-0.3, -0.25) is 9.69 Å². The highest BCUT2D eigenvalue weighted by Gasteiger charge is 2.22. The Kier molecular flexibility index (Phi) is 5.78. The largest absolute Gasteiger partial charge is 0.372 e. The minimum absolute atomic E-state index is 0.0564. The molecule has 0 bridgehead atoms. The van der Waals surface area contributed by atoms with Gasteiger partial charge in [-0.2, -0.15) is 4.98 Å². The van der Waals surface area contributed by atoms with Gasteiger partial charge in [-0.25, -0.2) is 0 Å². The summed E-state index contributed by atoms with van der Waals surface area (Å²) < 4.78 is 10.6. The van der Waals surface area contributed by atoms with Crippen LogP contribution in [0.3, 0.4) is 0 Å². The summed E-state index contributed by atoms with van der Waals surface area (Å²) in [5.41, 5.74) is 2.15. The van der Waals surface area contributed by atoms with Gasteiger partial charge in [-0.05, 0) is 13.8 Å². The fraction of sp³-hybridized carbons (Fsp3) is 0.500. The second-order valence-corrected chi connectivity index (χ2v) is 6.17. The SMILES string of the molecule is CCOCC(=O)N1CCN(Cc2nc(-c3ccc(C)cc3)no2)CC1. The quantitative estimate of drug-likeness (QED) is 0.795. The molecule has 3 rings (SSSR count). The van der Waals surface area contributed by atoms with Crippen molar-refractivity contribution in [1.29, 1.82) is 0 Å². The van der Waals surface area contributed by atoms with Crippen LogP contribution in [0.15, 0.2) is 28.8 Å². The van der Waals surface area contributed by atoms with Crippen LogP contribution in [-0.4, -0.2) is 65.2 Å². The molecule has 25 heavy (non-hydrogen) atoms. The Morgan fingerprint density at radius 2 is 1.92 bits per heavy atom. The minimum Gasteiger partial charge on any atom is -0.372 e. The first-order valence-corrected chi connectivity index (χ1v) is 8.63. The van der Waals surface area contributed by atoms with Gasteiger partial charge in [0.1, 0.15) is 6.61 Å². The Morgan fingerprint density at radius 3 is 2.60 bits per heavy atom. The highest BCUT2D eigenvalue weighted by atomic mass is 16.5. The molecular formula is C18H24N4O3. The predicted molar refractivity (Wildman–Crippen MR) is 92.8 cm³/mol. The van der Waals surface area contributed by atoms with Crippen LogP contribution in [0, 0.1) is 6.92 Å². The van der Waals surface area contributed by atoms with Gasteiger partial charge < -0.3 is 14.2 Å². The molecular weight excluding hydrogens is 320 g/mol. The van der Waals surface area contributed by atoms with Gasteiger partial charge in [0.2, 0.25) is 17.6 Å². The average molecular weight is 344 g/mol. The number of ether oxygens (including phenoxy) is 1. The molecule has 1 aliphatic heterocycles. The first-order chi connectivity index (χ1) is 12.2. The zero-order chi connectivity index (χ0) is 17.6. The number of amides is 1. The fourth-order valence-electron chi connectivity index (χ4n) is 2.77. The Morgan fingerprint density at radius 1 is 1.20 bits per heavy atom. The number of aryl methyl sites for hydroxylation is 1. The third-order valence-electron chi connectivity index (χ3n) is 4.29. The van der Waals surface area contributed by atoms with Crippen LogP contribution in [-0.2, 0) is 16.1 Å². The average Bonchev–Trinajstić information content (AvgIpc) is 3.09. The standard InChI is InChI=1S/C18H24N4O3/c1-3-24-13-17(23)22-10-8-21(9-11-22)12-16-19-18(20-25-16)15-6-4-14(2)5-7-15/h4-7H,3,8-13H2,1-2H3. The van der Waals surface area contributed by atoms with Gasteiger partial charge in [0.15, 0.2) is 0 Å². The van der Waals surface area contributed by atoms with Crippen molar-refractivity contribution in [3.63, 3.8) is 0 Å². The molecule has 1 amide bonds. The summed E-state index contributed by atoms with van der Waals surface area (Å²) in [5, 5.41) is 4.06. The summed E-state index contributed by atoms with van der Waals surface area (Å²) in [6, 6.07) is 8.05. The van der Waals surface area contributed by atoms with E-state index in [1.54, 1.807) is 0 Å². The Bertz CT molecular complexity index is 691. The van der Waals surface area contributed by atoms with Crippen molar-refractivity contribution in [3.05, 3.63) is 35.7 Å². The number of aromatic nitrogens is 2. The van der Waals surface area contributed by atoms with E-state index >= 15 is 0 Å². The Hall–Kier alpha value is -2.25. The molecule has 0 unspecified atom stereocenters. The van der Waals surface area contributed by atoms with Gasteiger partial charge in [-0.1, -0.05) is 35.0 Å². The summed E-state index contributed by atoms with van der Waals surface area (Å²) in [6.45, 7) is 8.25. The number of carbonyl (C=O) groups is 1. The maximum atomic E-state index is 11.9. The normalized spacial score (nSPS) is 15.5. The predicted octanol–water partition coefficient (Wildman–Crippen LogP) is 1.73. The van der Waals surface area contributed by atoms with E-state index < -0.39 is 0 Å². The molecule has 1 fully saturated rings. The molecule has 1 aromatic heterocycles. The molecule has 7 heteroatoms. The lowest BCUT2D eigenvalue weighted by atomic mass is 10.1. The molecule has 1 saturated heterocycles. The molecule has 2 heterocycles. The third kappa shape index (κ3) is 4.64. The molecule has 0 N–H and O–H groups in total. The highest BCUT2D eigenvalue weighted by Crippen LogP contribution is 2.17. The van der Waals surface area contributed by atoms with E-state index in [1.807, 2.05) is 43.0 Å². The van der Waals surface area contributed by atoms with Crippen LogP contribution in [0.2, 0.25) is 0 Å². The molecule has 0 spiro atoms. The Balaban J connectivity index is 1.51. The smallest absolute Gasteiger partial charge is 0.248 e. The molecule has 0 atom stereocenters. The summed E-state index contributed by atoms with van der Waals surface area (Å²) in [7, 11) is 0. The summed E-state index contributed by atoms with van der Waals surface area (Å²) in [4.78, 5) is 20.5. The molecule has 134 valence electrons. The zero-order valence-corrected chi connectivity index (χ0v) is 14.8. The zero-order valence-electron chi connectivity index (χ0n) is 14.8. The molecule has 7 nitrogen and oxygen atoms in total. The number of benzene rings is 1. The monoisotopic (exact) mass is 344 g/mol. The number of piperazine rings is 1. The number of hydrogen-bond donors (Lipinski definition) is 0. The topological polar surface area (TPSA) is 71.7 Å². The maximum Gasteiger partial charge on any atom is 0.248 e. The summed E-state index contributed by atoms with van der Waals surface area (Å²) >= 11 is 0. The van der Waals surface area contributed by atoms with E-state index in [9.17, 15) is 4.79 Å². The van der Waals surface area contributed by atoms with E-state index in [0.717, 1.165) is 18.7 Å². The van der Waals surface area contributed by atoms with Crippen molar-refractivity contribution >= 4 is 5.91 Å². The van der Waals surface area contributed by atoms with E-state index in [0.29, 0.717) is 38.0 Å². The molecule has 2 aromatic rings. The van der Waals surface area contributed by atoms with Gasteiger partial charge in [0.25, 0.3) is 0 Å². The second kappa shape index (κ2) is 8.22. The van der Waals surface area contributed by atoms with E-state index in [-0.39, 0.29) is 12.5 Å². The van der Waals surface area contributed by atoms with Gasteiger partial charge in [0, 0.05) is 38.3 Å². The third-order valence-corrected chi connectivity index (χ3v) is 4.29. The highest BCUT2D eigenvalue weighted by molar-refractivity contribution is 5.77. The van der Waals surface area contributed by atoms with Crippen LogP contribution in [0.25, 0.3) is 11.4 Å². The molecule has 0 aliphatic carbocycles. The maximum absolute atomic E-state index is 11.9. The molecule has 0 radical (unpaired) electrons. The lowest BCUT2D eigenvalue weighted by Gasteiger charge is -2.33. The van der Waals surface area contributed by atoms with Crippen molar-refractivity contribution in [1.82, 2.24) is 19.9 Å². The van der Waals surface area contributed by atoms with Gasteiger partial charge in [-0.15, -0.1) is 0 Å². The van der Waals surface area contributed by atoms with Crippen LogP contribution in [0.4, 0.5) is 0 Å². The Labute approximate surface area is 147 Å². The first kappa shape index (κ1) is 17.6. The fourth-order valence-corrected chi connectivity index (χ4v) is 2.77. The molecule has 1 aliphatic rings. The van der Waals surface area contributed by atoms with Crippen LogP contribution < -0.4 is 0 Å². The summed E-state index contributed by atoms with van der Waals surface area (Å²) in [6.07, 6.45) is 0. The van der Waals surface area contributed by atoms with Crippen molar-refractivity contribution in [3.8, 4) is 11.4 Å². The van der Waals surface area contributed by atoms with Crippen molar-refractivity contribution < 1.29 is 14.1 Å². The summed E-state index contributed by atoms with van der Waals surface area (Å²) in [5.74, 6) is 1.27. The number of nitrogens with zero attached hydrogens (tertiary/aromatic N) is 4. The first-order valence-electron chi connectivity index (χ1n) is 8.63. The lowest BCUT2D eigenvalue weighted by molar-refractivity contribution is -0.137. The van der Waals surface area contributed by atoms with Crippen LogP contribution >= 0.6 is 0 Å². The lowest BCUT2D eigenvalue weighted by Crippen LogP contribution is -2.49. The van der Waals surface area contributed by atoms with Crippen molar-refractivity contribution in [2.45, 2.75) is 20.4 Å². The van der Waals surface area contributed by atoms with E-state index in [2.05, 4.69) is 15.0 Å². The number of hydrogen-bond acceptors (Lipinski definition) is 6. The van der Waals surface area contributed by atoms with Gasteiger partial charge >= 0.3 is 0 Å². The number of rotatable bonds is 6. The molecule has 1 aromatic carbocycles. The van der Waals surface area contributed by atoms with Gasteiger partial charge in [0.05, 0.1) is 6.54 Å². The van der Waals surface area contributed by atoms with Crippen LogP contribution in [0.5, 0.6) is 0 Å². The van der Waals surface area contributed by atoms with E-state index in [4.69, 9.17) is 9.26 Å². The van der Waals surface area contributed by atoms with Crippen molar-refractivity contribution in [2.75, 3.05) is 39.4 Å². The van der Waals surface area contributed by atoms with E-state index in [1.165, 1.54) is 5.56 Å². The second-order valence-electron chi connectivity index (χ2n) is 6.17. The minimum atomic E-state index is 0.0564. The van der Waals surface area contributed by atoms with Crippen LogP contribution in [0.1, 0.15) is 18.4 Å².